The number of methoxy groups -OCH3 is 1. The molecule has 0 unspecified atom stereocenters. The van der Waals surface area contributed by atoms with E-state index in [1.165, 1.54) is 24.9 Å². The van der Waals surface area contributed by atoms with E-state index in [0.29, 0.717) is 32.6 Å². The first-order valence-electron chi connectivity index (χ1n) is 11.3. The highest BCUT2D eigenvalue weighted by molar-refractivity contribution is 8.00. The summed E-state index contributed by atoms with van der Waals surface area (Å²) in [4.78, 5) is 24.4. The van der Waals surface area contributed by atoms with E-state index in [-0.39, 0.29) is 39.1 Å². The number of anilines is 1. The van der Waals surface area contributed by atoms with E-state index in [1.807, 2.05) is 18.2 Å². The molecule has 1 saturated carbocycles. The number of nitrogens with one attached hydrogen (secondary N) is 1. The van der Waals surface area contributed by atoms with Crippen molar-refractivity contribution in [3.63, 3.8) is 0 Å². The molecule has 6 nitrogen and oxygen atoms in total. The monoisotopic (exact) mass is 562 g/mol. The Balaban J connectivity index is 1.60. The number of thioether (sulfide) groups is 1. The molecule has 5 atom stereocenters. The van der Waals surface area contributed by atoms with Crippen molar-refractivity contribution in [3.8, 4) is 0 Å². The van der Waals surface area contributed by atoms with Gasteiger partial charge in [-0.1, -0.05) is 53.5 Å². The van der Waals surface area contributed by atoms with E-state index >= 15 is 0 Å². The van der Waals surface area contributed by atoms with Crippen LogP contribution in [-0.2, 0) is 4.74 Å². The van der Waals surface area contributed by atoms with Gasteiger partial charge in [0.1, 0.15) is 0 Å². The Morgan fingerprint density at radius 2 is 1.89 bits per heavy atom. The van der Waals surface area contributed by atoms with E-state index in [0.717, 1.165) is 11.1 Å². The SMILES string of the molecule is COC(=O)c1cccc2c1N[C@H](c1ccc(Cl)cc1Cl)[C@@H]1C[C@H](Sc3ccccc3[N+](=O)[O-])[C@@H](Cl)[C@@H]21. The molecule has 36 heavy (non-hydrogen) atoms. The second-order valence-corrected chi connectivity index (χ2v) is 11.4. The van der Waals surface area contributed by atoms with Gasteiger partial charge in [-0.25, -0.2) is 4.79 Å². The third-order valence-corrected chi connectivity index (χ3v) is 9.57. The van der Waals surface area contributed by atoms with Crippen molar-refractivity contribution in [1.82, 2.24) is 0 Å². The normalized spacial score (nSPS) is 24.4. The zero-order valence-electron chi connectivity index (χ0n) is 19.0. The number of hydrogen-bond acceptors (Lipinski definition) is 6. The van der Waals surface area contributed by atoms with Crippen LogP contribution in [0.2, 0.25) is 10.0 Å². The van der Waals surface area contributed by atoms with Gasteiger partial charge in [-0.2, -0.15) is 0 Å². The maximum atomic E-state index is 12.6. The number of alkyl halides is 1. The van der Waals surface area contributed by atoms with Gasteiger partial charge in [-0.15, -0.1) is 23.4 Å². The van der Waals surface area contributed by atoms with Gasteiger partial charge in [0.15, 0.2) is 0 Å². The Labute approximate surface area is 227 Å². The van der Waals surface area contributed by atoms with E-state index in [9.17, 15) is 14.9 Å². The molecule has 1 aliphatic heterocycles. The first-order chi connectivity index (χ1) is 17.3. The molecule has 0 bridgehead atoms. The number of nitro benzene ring substituents is 1. The van der Waals surface area contributed by atoms with Crippen molar-refractivity contribution in [2.75, 3.05) is 12.4 Å². The molecular weight excluding hydrogens is 543 g/mol. The molecule has 10 heteroatoms. The second-order valence-electron chi connectivity index (χ2n) is 8.80. The first kappa shape index (κ1) is 25.2. The van der Waals surface area contributed by atoms with Crippen molar-refractivity contribution < 1.29 is 14.5 Å². The van der Waals surface area contributed by atoms with Crippen LogP contribution in [0.3, 0.4) is 0 Å². The lowest BCUT2D eigenvalue weighted by atomic mass is 9.76. The van der Waals surface area contributed by atoms with Crippen LogP contribution >= 0.6 is 46.6 Å². The fourth-order valence-electron chi connectivity index (χ4n) is 5.36. The predicted octanol–water partition coefficient (Wildman–Crippen LogP) is 7.73. The molecule has 0 radical (unpaired) electrons. The number of hydrogen-bond donors (Lipinski definition) is 1. The number of halogens is 3. The number of para-hydroxylation sites is 2. The van der Waals surface area contributed by atoms with Crippen molar-refractivity contribution in [2.45, 2.75) is 33.9 Å². The Bertz CT molecular complexity index is 1350. The number of carbonyl (C=O) groups excluding carboxylic acids is 1. The Hall–Kier alpha value is -2.45. The summed E-state index contributed by atoms with van der Waals surface area (Å²) in [5, 5.41) is 15.8. The number of nitro groups is 1. The van der Waals surface area contributed by atoms with Crippen LogP contribution in [-0.4, -0.2) is 28.6 Å². The molecule has 1 aliphatic carbocycles. The van der Waals surface area contributed by atoms with Gasteiger partial charge in [0.2, 0.25) is 0 Å². The summed E-state index contributed by atoms with van der Waals surface area (Å²) < 4.78 is 5.03. The molecule has 1 heterocycles. The fraction of sp³-hybridized carbons (Fsp3) is 0.269. The van der Waals surface area contributed by atoms with Gasteiger partial charge < -0.3 is 10.1 Å². The Morgan fingerprint density at radius 3 is 2.61 bits per heavy atom. The van der Waals surface area contributed by atoms with Crippen LogP contribution in [0, 0.1) is 16.0 Å². The summed E-state index contributed by atoms with van der Waals surface area (Å²) in [6.45, 7) is 0. The lowest BCUT2D eigenvalue weighted by molar-refractivity contribution is -0.387. The minimum absolute atomic E-state index is 0.0202. The topological polar surface area (TPSA) is 81.5 Å². The maximum Gasteiger partial charge on any atom is 0.339 e. The van der Waals surface area contributed by atoms with E-state index < -0.39 is 5.97 Å². The molecular formula is C26H21Cl3N2O4S. The van der Waals surface area contributed by atoms with Gasteiger partial charge in [0.05, 0.1) is 39.6 Å². The summed E-state index contributed by atoms with van der Waals surface area (Å²) >= 11 is 21.4. The number of esters is 1. The summed E-state index contributed by atoms with van der Waals surface area (Å²) in [6.07, 6.45) is 0.689. The third kappa shape index (κ3) is 4.43. The zero-order valence-corrected chi connectivity index (χ0v) is 22.1. The smallest absolute Gasteiger partial charge is 0.339 e. The second kappa shape index (κ2) is 10.1. The maximum absolute atomic E-state index is 12.6. The average molecular weight is 564 g/mol. The summed E-state index contributed by atoms with van der Waals surface area (Å²) in [5.41, 5.74) is 2.92. The molecule has 0 amide bonds. The molecule has 0 aromatic heterocycles. The highest BCUT2D eigenvalue weighted by atomic mass is 35.5. The molecule has 0 spiro atoms. The number of rotatable bonds is 5. The fourth-order valence-corrected chi connectivity index (χ4v) is 7.83. The molecule has 186 valence electrons. The minimum Gasteiger partial charge on any atom is -0.465 e. The molecule has 1 fully saturated rings. The summed E-state index contributed by atoms with van der Waals surface area (Å²) in [7, 11) is 1.35. The number of nitrogens with zero attached hydrogens (tertiary/aromatic N) is 1. The quantitative estimate of drug-likeness (QED) is 0.148. The van der Waals surface area contributed by atoms with Crippen molar-refractivity contribution >= 4 is 63.9 Å². The van der Waals surface area contributed by atoms with Crippen LogP contribution in [0.1, 0.15) is 39.9 Å². The summed E-state index contributed by atoms with van der Waals surface area (Å²) in [6, 6.07) is 17.3. The lowest BCUT2D eigenvalue weighted by Gasteiger charge is -2.39. The minimum atomic E-state index is -0.450. The van der Waals surface area contributed by atoms with E-state index in [2.05, 4.69) is 5.32 Å². The van der Waals surface area contributed by atoms with Gasteiger partial charge in [-0.3, -0.25) is 10.1 Å². The molecule has 2 aliphatic rings. The third-order valence-electron chi connectivity index (χ3n) is 6.89. The molecule has 0 saturated heterocycles. The van der Waals surface area contributed by atoms with Gasteiger partial charge in [0.25, 0.3) is 5.69 Å². The van der Waals surface area contributed by atoms with Gasteiger partial charge in [0, 0.05) is 27.3 Å². The molecule has 3 aromatic rings. The predicted molar refractivity (Wildman–Crippen MR) is 144 cm³/mol. The van der Waals surface area contributed by atoms with Crippen molar-refractivity contribution in [1.29, 1.82) is 0 Å². The zero-order chi connectivity index (χ0) is 25.6. The molecule has 3 aromatic carbocycles. The van der Waals surface area contributed by atoms with E-state index in [4.69, 9.17) is 39.5 Å². The summed E-state index contributed by atoms with van der Waals surface area (Å²) in [5.74, 6) is -0.551. The Morgan fingerprint density at radius 1 is 1.11 bits per heavy atom. The Kier molecular flexibility index (Phi) is 7.10. The molecule has 1 N–H and O–H groups in total. The number of benzene rings is 3. The molecule has 5 rings (SSSR count). The highest BCUT2D eigenvalue weighted by Crippen LogP contribution is 2.59. The van der Waals surface area contributed by atoms with Crippen LogP contribution < -0.4 is 5.32 Å². The van der Waals surface area contributed by atoms with Gasteiger partial charge >= 0.3 is 5.97 Å². The van der Waals surface area contributed by atoms with Gasteiger partial charge in [-0.05, 0) is 47.7 Å². The first-order valence-corrected chi connectivity index (χ1v) is 13.3. The number of carbonyl (C=O) groups is 1. The standard InChI is InChI=1S/C26H21Cl3N2O4S/c1-35-26(32)16-6-4-5-15-22-17(24(30-25(15)16)14-10-9-13(27)11-18(14)28)12-21(23(22)29)36-20-8-3-2-7-19(20)31(33)34/h2-11,17,21-24,30H,12H2,1H3/t17-,21+,22+,23-,24-/m1/s1. The largest absolute Gasteiger partial charge is 0.465 e. The van der Waals surface area contributed by atoms with Crippen LogP contribution in [0.4, 0.5) is 11.4 Å². The lowest BCUT2D eigenvalue weighted by Crippen LogP contribution is -2.32. The number of ether oxygens (including phenoxy) is 1. The average Bonchev–Trinajstić information content (AvgIpc) is 3.19. The van der Waals surface area contributed by atoms with Crippen LogP contribution in [0.25, 0.3) is 0 Å². The van der Waals surface area contributed by atoms with E-state index in [1.54, 1.807) is 36.4 Å². The van der Waals surface area contributed by atoms with Crippen molar-refractivity contribution in [3.05, 3.63) is 97.5 Å². The van der Waals surface area contributed by atoms with Crippen LogP contribution in [0.5, 0.6) is 0 Å². The highest BCUT2D eigenvalue weighted by Gasteiger charge is 2.51. The number of fused-ring (bicyclic) bond motifs is 3. The van der Waals surface area contributed by atoms with Crippen LogP contribution in [0.15, 0.2) is 65.6 Å². The van der Waals surface area contributed by atoms with Crippen molar-refractivity contribution in [2.24, 2.45) is 5.92 Å².